The van der Waals surface area contributed by atoms with Gasteiger partial charge in [-0.1, -0.05) is 54.1 Å². The molecule has 14 nitrogen and oxygen atoms in total. The zero-order valence-corrected chi connectivity index (χ0v) is 46.5. The second-order valence-corrected chi connectivity index (χ2v) is 26.5. The van der Waals surface area contributed by atoms with Crippen molar-refractivity contribution in [2.45, 2.75) is 73.5 Å². The summed E-state index contributed by atoms with van der Waals surface area (Å²) in [6.07, 6.45) is 0.517. The van der Waals surface area contributed by atoms with E-state index in [1.54, 1.807) is 0 Å². The smallest absolute Gasteiger partial charge is 0.380 e. The number of aromatic nitrogens is 1. The fourth-order valence-corrected chi connectivity index (χ4v) is 15.4. The molecular weight excluding hydrogens is 1080 g/mol. The van der Waals surface area contributed by atoms with Gasteiger partial charge in [0.2, 0.25) is 0 Å². The third kappa shape index (κ3) is 12.7. The molecule has 0 aliphatic carbocycles. The summed E-state index contributed by atoms with van der Waals surface area (Å²) in [6, 6.07) is 38.9. The Balaban J connectivity index is 0.900. The van der Waals surface area contributed by atoms with E-state index in [0.29, 0.717) is 55.4 Å². The van der Waals surface area contributed by atoms with E-state index in [0.717, 1.165) is 70.9 Å². The Morgan fingerprint density at radius 1 is 0.816 bits per heavy atom. The Morgan fingerprint density at radius 3 is 2.12 bits per heavy atom. The maximum atomic E-state index is 15.0. The van der Waals surface area contributed by atoms with Crippen molar-refractivity contribution in [3.63, 3.8) is 0 Å². The van der Waals surface area contributed by atoms with Crippen LogP contribution in [0.3, 0.4) is 0 Å². The minimum Gasteiger partial charge on any atom is -0.380 e. The minimum absolute atomic E-state index is 0.00336. The number of benzene rings is 5. The molecular formula is C54H62ClF3N6O8P2S2. The predicted molar refractivity (Wildman–Crippen MR) is 298 cm³/mol. The first-order valence-corrected chi connectivity index (χ1v) is 31.2. The summed E-state index contributed by atoms with van der Waals surface area (Å²) in [5, 5.41) is 3.61. The van der Waals surface area contributed by atoms with E-state index in [4.69, 9.17) is 20.6 Å². The number of likely N-dealkylation sites (tertiary alicyclic amines) is 1. The predicted octanol–water partition coefficient (Wildman–Crippen LogP) is 11.9. The Morgan fingerprint density at radius 2 is 1.47 bits per heavy atom. The van der Waals surface area contributed by atoms with Crippen molar-refractivity contribution in [1.82, 2.24) is 9.47 Å². The number of rotatable bonds is 18. The molecule has 406 valence electrons. The quantitative estimate of drug-likeness (QED) is 0.0552. The highest BCUT2D eigenvalue weighted by molar-refractivity contribution is 7.99. The number of aryl methyl sites for hydroxylation is 1. The Kier molecular flexibility index (Phi) is 17.1. The minimum atomic E-state index is -5.98. The van der Waals surface area contributed by atoms with Crippen molar-refractivity contribution in [1.29, 1.82) is 0 Å². The van der Waals surface area contributed by atoms with E-state index in [1.807, 2.05) is 66.7 Å². The van der Waals surface area contributed by atoms with Gasteiger partial charge in [-0.25, -0.2) is 13.0 Å². The highest BCUT2D eigenvalue weighted by Crippen LogP contribution is 2.56. The van der Waals surface area contributed by atoms with Gasteiger partial charge in [0, 0.05) is 102 Å². The number of sulfone groups is 1. The highest BCUT2D eigenvalue weighted by Gasteiger charge is 2.49. The normalized spacial score (nSPS) is 18.7. The van der Waals surface area contributed by atoms with Crippen LogP contribution in [-0.2, 0) is 28.0 Å². The van der Waals surface area contributed by atoms with Gasteiger partial charge in [0.25, 0.3) is 9.84 Å². The summed E-state index contributed by atoms with van der Waals surface area (Å²) in [6.45, 7) is 11.0. The third-order valence-corrected chi connectivity index (χ3v) is 20.2. The van der Waals surface area contributed by atoms with E-state index in [-0.39, 0.29) is 30.2 Å². The molecule has 0 saturated carbocycles. The largest absolute Gasteiger partial charge is 0.501 e. The Hall–Kier alpha value is -4.78. The van der Waals surface area contributed by atoms with Gasteiger partial charge in [0.1, 0.15) is 4.90 Å². The molecule has 3 aliphatic rings. The molecule has 5 aromatic carbocycles. The van der Waals surface area contributed by atoms with E-state index >= 15 is 0 Å². The molecule has 0 amide bonds. The average Bonchev–Trinajstić information content (AvgIpc) is 4.00. The van der Waals surface area contributed by atoms with Gasteiger partial charge in [-0.2, -0.15) is 13.2 Å². The standard InChI is InChI=1S/C54H62ClF3N6O8P2S2/c1-38(2)64-39(3)34-50(53(64)40-12-14-42(55)15-13-40)41-8-7-9-46(35-41)62-30-28-61(29-31-62)44-16-18-45(19-17-44)63-32-33-71-73(63,65)48-20-21-51(52(36-48)76(69,70)54(56,57)58)59-43(37-75-49-10-5-4-6-11-49)22-25-60-26-23-47(24-27-60)72-74(66,67)68/h4-21,34-36,38,43,47,59H,22-33,37H2,1-3H3,(H2,66,67,68)/t43-,73+/m1/s1. The fraction of sp³-hybridized carbons (Fsp3) is 0.370. The second kappa shape index (κ2) is 23.3. The van der Waals surface area contributed by atoms with Gasteiger partial charge in [-0.05, 0) is 136 Å². The van der Waals surface area contributed by atoms with E-state index in [1.165, 1.54) is 34.3 Å². The van der Waals surface area contributed by atoms with Crippen LogP contribution >= 0.6 is 38.7 Å². The fourth-order valence-electron chi connectivity index (χ4n) is 10.4. The van der Waals surface area contributed by atoms with Crippen LogP contribution in [0.4, 0.5) is 35.9 Å². The summed E-state index contributed by atoms with van der Waals surface area (Å²) in [4.78, 5) is 25.1. The van der Waals surface area contributed by atoms with Gasteiger partial charge in [-0.15, -0.1) is 11.8 Å². The van der Waals surface area contributed by atoms with Crippen molar-refractivity contribution in [3.8, 4) is 22.4 Å². The first-order chi connectivity index (χ1) is 36.2. The molecule has 2 atom stereocenters. The molecule has 3 aliphatic heterocycles. The monoisotopic (exact) mass is 1140 g/mol. The Bertz CT molecular complexity index is 3190. The summed E-state index contributed by atoms with van der Waals surface area (Å²) < 4.78 is 112. The van der Waals surface area contributed by atoms with Crippen molar-refractivity contribution in [3.05, 3.63) is 138 Å². The van der Waals surface area contributed by atoms with Crippen LogP contribution in [0.25, 0.3) is 22.4 Å². The molecule has 6 aromatic rings. The zero-order chi connectivity index (χ0) is 54.0. The molecule has 0 unspecified atom stereocenters. The van der Waals surface area contributed by atoms with E-state index in [2.05, 4.69) is 87.8 Å². The Labute approximate surface area is 451 Å². The van der Waals surface area contributed by atoms with Gasteiger partial charge in [0.15, 0.2) is 0 Å². The van der Waals surface area contributed by atoms with Crippen molar-refractivity contribution >= 4 is 76.6 Å². The van der Waals surface area contributed by atoms with Crippen molar-refractivity contribution < 1.29 is 49.6 Å². The lowest BCUT2D eigenvalue weighted by atomic mass is 10.00. The number of anilines is 4. The first kappa shape index (κ1) is 56.0. The van der Waals surface area contributed by atoms with Crippen LogP contribution in [0.5, 0.6) is 0 Å². The lowest BCUT2D eigenvalue weighted by molar-refractivity contribution is -0.0435. The van der Waals surface area contributed by atoms with Gasteiger partial charge < -0.3 is 38.9 Å². The maximum absolute atomic E-state index is 15.0. The number of phosphoric acid groups is 1. The lowest BCUT2D eigenvalue weighted by Crippen LogP contribution is -2.46. The molecule has 3 saturated heterocycles. The molecule has 0 spiro atoms. The maximum Gasteiger partial charge on any atom is 0.501 e. The summed E-state index contributed by atoms with van der Waals surface area (Å²) in [5.74, 6) is 0.352. The first-order valence-electron chi connectivity index (χ1n) is 25.2. The van der Waals surface area contributed by atoms with Crippen LogP contribution in [0.1, 0.15) is 44.8 Å². The average molecular weight is 1140 g/mol. The molecule has 76 heavy (non-hydrogen) atoms. The van der Waals surface area contributed by atoms with Crippen LogP contribution < -0.4 is 25.1 Å². The number of piperidine rings is 1. The number of thioether (sulfide) groups is 1. The summed E-state index contributed by atoms with van der Waals surface area (Å²) >= 11 is 7.74. The zero-order valence-electron chi connectivity index (χ0n) is 42.4. The molecule has 22 heteroatoms. The summed E-state index contributed by atoms with van der Waals surface area (Å²) in [5.41, 5.74) is 2.30. The van der Waals surface area contributed by atoms with Crippen molar-refractivity contribution in [2.75, 3.05) is 84.5 Å². The van der Waals surface area contributed by atoms with Crippen LogP contribution in [0.2, 0.25) is 5.02 Å². The number of piperazine rings is 1. The number of halogens is 4. The molecule has 0 bridgehead atoms. The van der Waals surface area contributed by atoms with E-state index < -0.39 is 47.7 Å². The SMILES string of the molecule is Cc1cc(-c2cccc(N3CCN(c4ccc(N5CCO[P@@]5(=O)c5ccc(N[C@H](CCN6CCC(OP(=O)(O)O)CC6)CSc6ccccc6)c(S(=O)(=O)C(F)(F)F)c5)cc4)CC3)c2)c(-c2ccc(Cl)cc2)n1C(C)C. The van der Waals surface area contributed by atoms with Gasteiger partial charge in [-0.3, -0.25) is 13.8 Å². The molecule has 0 radical (unpaired) electrons. The molecule has 3 N–H and O–H groups in total. The number of phosphoric ester groups is 1. The van der Waals surface area contributed by atoms with Crippen LogP contribution in [-0.4, -0.2) is 110 Å². The second-order valence-electron chi connectivity index (χ2n) is 19.6. The summed E-state index contributed by atoms with van der Waals surface area (Å²) in [7, 11) is -14.8. The van der Waals surface area contributed by atoms with Crippen LogP contribution in [0, 0.1) is 6.92 Å². The number of alkyl halides is 3. The topological polar surface area (TPSA) is 157 Å². The van der Waals surface area contributed by atoms with E-state index in [9.17, 15) is 40.5 Å². The van der Waals surface area contributed by atoms with Gasteiger partial charge in [0.05, 0.1) is 35.9 Å². The van der Waals surface area contributed by atoms with Crippen molar-refractivity contribution in [2.24, 2.45) is 0 Å². The number of nitrogens with zero attached hydrogens (tertiary/aromatic N) is 5. The van der Waals surface area contributed by atoms with Crippen LogP contribution in [0.15, 0.2) is 137 Å². The highest BCUT2D eigenvalue weighted by atomic mass is 35.5. The molecule has 1 aromatic heterocycles. The number of hydrogen-bond donors (Lipinski definition) is 3. The van der Waals surface area contributed by atoms with Gasteiger partial charge >= 0.3 is 20.9 Å². The molecule has 3 fully saturated rings. The molecule has 4 heterocycles. The molecule has 9 rings (SSSR count). The number of nitrogens with one attached hydrogen (secondary N) is 1. The third-order valence-electron chi connectivity index (χ3n) is 14.1. The lowest BCUT2D eigenvalue weighted by Gasteiger charge is -2.37. The number of hydrogen-bond acceptors (Lipinski definition) is 11.